The second-order valence-corrected chi connectivity index (χ2v) is 5.42. The number of hydrogen-bond acceptors (Lipinski definition) is 3. The molecule has 1 aliphatic rings. The van der Waals surface area contributed by atoms with E-state index in [4.69, 9.17) is 5.73 Å². The largest absolute Gasteiger partial charge is 0.397 e. The summed E-state index contributed by atoms with van der Waals surface area (Å²) in [6.07, 6.45) is 6.65. The monoisotopic (exact) mass is 247 g/mol. The molecule has 1 unspecified atom stereocenters. The van der Waals surface area contributed by atoms with Crippen molar-refractivity contribution in [1.82, 2.24) is 4.98 Å². The minimum atomic E-state index is 0.789. The van der Waals surface area contributed by atoms with Crippen LogP contribution < -0.4 is 10.6 Å². The molecule has 2 heterocycles. The van der Waals surface area contributed by atoms with Gasteiger partial charge in [-0.2, -0.15) is 0 Å². The van der Waals surface area contributed by atoms with Gasteiger partial charge in [0.25, 0.3) is 0 Å². The second-order valence-electron chi connectivity index (χ2n) is 5.42. The first kappa shape index (κ1) is 13.2. The summed E-state index contributed by atoms with van der Waals surface area (Å²) in [5.74, 6) is 2.01. The average Bonchev–Trinajstić information content (AvgIpc) is 2.59. The molecule has 0 amide bonds. The molecular formula is C15H25N3. The fourth-order valence-electron chi connectivity index (χ4n) is 2.83. The molecule has 2 rings (SSSR count). The van der Waals surface area contributed by atoms with Gasteiger partial charge in [-0.15, -0.1) is 0 Å². The second kappa shape index (κ2) is 6.07. The molecule has 0 aliphatic carbocycles. The van der Waals surface area contributed by atoms with Crippen LogP contribution in [0.3, 0.4) is 0 Å². The SMILES string of the molecule is CCCC1CCCN(c2ccc(N)c(C)n2)CC1. The van der Waals surface area contributed by atoms with Crippen molar-refractivity contribution in [2.75, 3.05) is 23.7 Å². The molecule has 1 saturated heterocycles. The highest BCUT2D eigenvalue weighted by Crippen LogP contribution is 2.25. The van der Waals surface area contributed by atoms with Crippen LogP contribution in [0.15, 0.2) is 12.1 Å². The Kier molecular flexibility index (Phi) is 4.45. The molecule has 0 radical (unpaired) electrons. The van der Waals surface area contributed by atoms with Gasteiger partial charge in [0.2, 0.25) is 0 Å². The van der Waals surface area contributed by atoms with Gasteiger partial charge in [0, 0.05) is 13.1 Å². The van der Waals surface area contributed by atoms with Gasteiger partial charge in [-0.1, -0.05) is 19.8 Å². The molecule has 1 aromatic rings. The maximum absolute atomic E-state index is 5.83. The fourth-order valence-corrected chi connectivity index (χ4v) is 2.83. The van der Waals surface area contributed by atoms with E-state index in [9.17, 15) is 0 Å². The average molecular weight is 247 g/mol. The maximum Gasteiger partial charge on any atom is 0.128 e. The molecular weight excluding hydrogens is 222 g/mol. The van der Waals surface area contributed by atoms with Crippen molar-refractivity contribution in [3.05, 3.63) is 17.8 Å². The van der Waals surface area contributed by atoms with E-state index in [0.717, 1.165) is 36.2 Å². The van der Waals surface area contributed by atoms with E-state index < -0.39 is 0 Å². The summed E-state index contributed by atoms with van der Waals surface area (Å²) >= 11 is 0. The van der Waals surface area contributed by atoms with Crippen molar-refractivity contribution in [3.8, 4) is 0 Å². The number of aryl methyl sites for hydroxylation is 1. The Balaban J connectivity index is 2.02. The Bertz CT molecular complexity index is 389. The Hall–Kier alpha value is -1.25. The highest BCUT2D eigenvalue weighted by molar-refractivity contribution is 5.50. The smallest absolute Gasteiger partial charge is 0.128 e. The number of aromatic nitrogens is 1. The lowest BCUT2D eigenvalue weighted by Crippen LogP contribution is -2.25. The van der Waals surface area contributed by atoms with Crippen molar-refractivity contribution >= 4 is 11.5 Å². The third-order valence-corrected chi connectivity index (χ3v) is 3.98. The van der Waals surface area contributed by atoms with Gasteiger partial charge >= 0.3 is 0 Å². The van der Waals surface area contributed by atoms with Crippen LogP contribution >= 0.6 is 0 Å². The molecule has 100 valence electrons. The molecule has 0 saturated carbocycles. The van der Waals surface area contributed by atoms with Gasteiger partial charge in [0.15, 0.2) is 0 Å². The fraction of sp³-hybridized carbons (Fsp3) is 0.667. The molecule has 1 aromatic heterocycles. The molecule has 1 atom stereocenters. The van der Waals surface area contributed by atoms with Crippen molar-refractivity contribution in [2.24, 2.45) is 5.92 Å². The summed E-state index contributed by atoms with van der Waals surface area (Å²) in [7, 11) is 0. The molecule has 3 nitrogen and oxygen atoms in total. The number of nitrogens with two attached hydrogens (primary N) is 1. The summed E-state index contributed by atoms with van der Waals surface area (Å²) in [5.41, 5.74) is 7.57. The first-order valence-electron chi connectivity index (χ1n) is 7.18. The van der Waals surface area contributed by atoms with Gasteiger partial charge in [-0.05, 0) is 44.2 Å². The Morgan fingerprint density at radius 1 is 1.33 bits per heavy atom. The standard InChI is InChI=1S/C15H25N3/c1-3-5-13-6-4-10-18(11-9-13)15-8-7-14(16)12(2)17-15/h7-8,13H,3-6,9-11,16H2,1-2H3. The highest BCUT2D eigenvalue weighted by atomic mass is 15.2. The third-order valence-electron chi connectivity index (χ3n) is 3.98. The number of pyridine rings is 1. The van der Waals surface area contributed by atoms with Crippen LogP contribution in [0.25, 0.3) is 0 Å². The van der Waals surface area contributed by atoms with E-state index in [1.54, 1.807) is 0 Å². The molecule has 0 bridgehead atoms. The third kappa shape index (κ3) is 3.15. The first-order chi connectivity index (χ1) is 8.70. The molecule has 0 spiro atoms. The molecule has 0 aromatic carbocycles. The number of nitrogen functional groups attached to an aromatic ring is 1. The van der Waals surface area contributed by atoms with E-state index in [1.165, 1.54) is 32.1 Å². The van der Waals surface area contributed by atoms with Crippen molar-refractivity contribution in [2.45, 2.75) is 46.0 Å². The number of hydrogen-bond donors (Lipinski definition) is 1. The predicted molar refractivity (Wildman–Crippen MR) is 77.8 cm³/mol. The van der Waals surface area contributed by atoms with Crippen LogP contribution in [-0.2, 0) is 0 Å². The summed E-state index contributed by atoms with van der Waals surface area (Å²) in [6.45, 7) is 6.54. The van der Waals surface area contributed by atoms with Gasteiger partial charge in [0.1, 0.15) is 5.82 Å². The van der Waals surface area contributed by atoms with Crippen LogP contribution in [0.4, 0.5) is 11.5 Å². The lowest BCUT2D eigenvalue weighted by atomic mass is 9.96. The number of anilines is 2. The number of rotatable bonds is 3. The number of nitrogens with zero attached hydrogens (tertiary/aromatic N) is 2. The quantitative estimate of drug-likeness (QED) is 0.890. The van der Waals surface area contributed by atoms with Crippen LogP contribution in [0.1, 0.15) is 44.7 Å². The van der Waals surface area contributed by atoms with Gasteiger partial charge in [-0.25, -0.2) is 4.98 Å². The maximum atomic E-state index is 5.83. The normalized spacial score (nSPS) is 20.8. The predicted octanol–water partition coefficient (Wildman–Crippen LogP) is 3.38. The van der Waals surface area contributed by atoms with Gasteiger partial charge in [0.05, 0.1) is 11.4 Å². The summed E-state index contributed by atoms with van der Waals surface area (Å²) < 4.78 is 0. The van der Waals surface area contributed by atoms with Crippen LogP contribution in [0, 0.1) is 12.8 Å². The van der Waals surface area contributed by atoms with E-state index in [-0.39, 0.29) is 0 Å². The van der Waals surface area contributed by atoms with E-state index >= 15 is 0 Å². The van der Waals surface area contributed by atoms with Crippen LogP contribution in [-0.4, -0.2) is 18.1 Å². The van der Waals surface area contributed by atoms with E-state index in [0.29, 0.717) is 0 Å². The van der Waals surface area contributed by atoms with Crippen LogP contribution in [0.2, 0.25) is 0 Å². The minimum Gasteiger partial charge on any atom is -0.397 e. The highest BCUT2D eigenvalue weighted by Gasteiger charge is 2.17. The lowest BCUT2D eigenvalue weighted by molar-refractivity contribution is 0.435. The molecule has 1 aliphatic heterocycles. The molecule has 3 heteroatoms. The van der Waals surface area contributed by atoms with Crippen molar-refractivity contribution in [1.29, 1.82) is 0 Å². The zero-order valence-corrected chi connectivity index (χ0v) is 11.7. The Morgan fingerprint density at radius 2 is 2.17 bits per heavy atom. The Morgan fingerprint density at radius 3 is 2.89 bits per heavy atom. The summed E-state index contributed by atoms with van der Waals surface area (Å²) in [6, 6.07) is 4.04. The Labute approximate surface area is 110 Å². The summed E-state index contributed by atoms with van der Waals surface area (Å²) in [4.78, 5) is 7.03. The molecule has 2 N–H and O–H groups in total. The van der Waals surface area contributed by atoms with Crippen molar-refractivity contribution in [3.63, 3.8) is 0 Å². The van der Waals surface area contributed by atoms with Gasteiger partial charge in [-0.3, -0.25) is 0 Å². The zero-order valence-electron chi connectivity index (χ0n) is 11.7. The van der Waals surface area contributed by atoms with Gasteiger partial charge < -0.3 is 10.6 Å². The zero-order chi connectivity index (χ0) is 13.0. The lowest BCUT2D eigenvalue weighted by Gasteiger charge is -2.22. The topological polar surface area (TPSA) is 42.1 Å². The summed E-state index contributed by atoms with van der Waals surface area (Å²) in [5, 5.41) is 0. The molecule has 1 fully saturated rings. The van der Waals surface area contributed by atoms with E-state index in [1.807, 2.05) is 13.0 Å². The van der Waals surface area contributed by atoms with Crippen molar-refractivity contribution < 1.29 is 0 Å². The van der Waals surface area contributed by atoms with E-state index in [2.05, 4.69) is 22.9 Å². The van der Waals surface area contributed by atoms with Crippen LogP contribution in [0.5, 0.6) is 0 Å². The minimum absolute atomic E-state index is 0.789. The first-order valence-corrected chi connectivity index (χ1v) is 7.18. The molecule has 18 heavy (non-hydrogen) atoms.